The number of allylic oxidation sites excluding steroid dienone is 1. The third-order valence-electron chi connectivity index (χ3n) is 1.93. The summed E-state index contributed by atoms with van der Waals surface area (Å²) in [4.78, 5) is 0. The second-order valence-electron chi connectivity index (χ2n) is 3.35. The summed E-state index contributed by atoms with van der Waals surface area (Å²) < 4.78 is 111. The zero-order valence-electron chi connectivity index (χ0n) is 8.72. The van der Waals surface area contributed by atoms with Gasteiger partial charge in [-0.1, -0.05) is 0 Å². The van der Waals surface area contributed by atoms with E-state index in [0.29, 0.717) is 0 Å². The summed E-state index contributed by atoms with van der Waals surface area (Å²) in [6, 6.07) is 0. The van der Waals surface area contributed by atoms with Crippen LogP contribution in [0.4, 0.5) is 39.5 Å². The predicted octanol–water partition coefficient (Wildman–Crippen LogP) is 4.16. The van der Waals surface area contributed by atoms with E-state index in [1.165, 1.54) is 0 Å². The molecule has 1 nitrogen and oxygen atoms in total. The van der Waals surface area contributed by atoms with Gasteiger partial charge in [0.25, 0.3) is 5.67 Å². The molecule has 0 aromatic heterocycles. The lowest BCUT2D eigenvalue weighted by atomic mass is 9.95. The van der Waals surface area contributed by atoms with Crippen molar-refractivity contribution in [2.75, 3.05) is 6.61 Å². The summed E-state index contributed by atoms with van der Waals surface area (Å²) >= 11 is 0.935. The van der Waals surface area contributed by atoms with Crippen LogP contribution in [0.5, 0.6) is 0 Å². The number of halogens is 10. The van der Waals surface area contributed by atoms with Gasteiger partial charge in [0, 0.05) is 13.0 Å². The molecular formula is C8H6F9IO. The normalized spacial score (nSPS) is 18.4. The Bertz CT molecular complexity index is 345. The summed E-state index contributed by atoms with van der Waals surface area (Å²) in [5.74, 6) is -6.65. The maximum atomic E-state index is 13.4. The Kier molecular flexibility index (Phi) is 5.60. The van der Waals surface area contributed by atoms with Crippen molar-refractivity contribution in [1.29, 1.82) is 0 Å². The van der Waals surface area contributed by atoms with Gasteiger partial charge in [-0.15, -0.1) is 0 Å². The topological polar surface area (TPSA) is 20.2 Å². The molecule has 0 aromatic carbocycles. The summed E-state index contributed by atoms with van der Waals surface area (Å²) in [7, 11) is 0. The van der Waals surface area contributed by atoms with Gasteiger partial charge in [0.1, 0.15) is 0 Å². The Morgan fingerprint density at radius 2 is 1.32 bits per heavy atom. The van der Waals surface area contributed by atoms with Gasteiger partial charge in [0.15, 0.2) is 0 Å². The van der Waals surface area contributed by atoms with Gasteiger partial charge in [-0.25, -0.2) is 4.39 Å². The maximum absolute atomic E-state index is 13.4. The van der Waals surface area contributed by atoms with Crippen molar-refractivity contribution in [2.45, 2.75) is 30.4 Å². The van der Waals surface area contributed by atoms with Gasteiger partial charge in [-0.3, -0.25) is 0 Å². The van der Waals surface area contributed by atoms with E-state index in [-0.39, 0.29) is 0 Å². The first-order chi connectivity index (χ1) is 8.20. The number of hydrogen-bond acceptors (Lipinski definition) is 1. The van der Waals surface area contributed by atoms with Crippen LogP contribution in [0.1, 0.15) is 6.42 Å². The van der Waals surface area contributed by atoms with Crippen LogP contribution in [-0.2, 0) is 0 Å². The summed E-state index contributed by atoms with van der Waals surface area (Å²) in [6.45, 7) is -0.833. The maximum Gasteiger partial charge on any atom is 0.457 e. The lowest BCUT2D eigenvalue weighted by molar-refractivity contribution is -0.369. The van der Waals surface area contributed by atoms with E-state index in [2.05, 4.69) is 0 Å². The molecule has 1 unspecified atom stereocenters. The van der Waals surface area contributed by atoms with E-state index in [0.717, 1.165) is 22.6 Å². The van der Waals surface area contributed by atoms with Gasteiger partial charge in [-0.2, -0.15) is 35.1 Å². The zero-order valence-corrected chi connectivity index (χ0v) is 10.9. The third kappa shape index (κ3) is 3.67. The van der Waals surface area contributed by atoms with Crippen molar-refractivity contribution < 1.29 is 44.6 Å². The first kappa shape index (κ1) is 18.8. The minimum absolute atomic E-state index is 0.684. The molecule has 0 saturated heterocycles. The summed E-state index contributed by atoms with van der Waals surface area (Å²) in [5.41, 5.74) is -5.90. The lowest BCUT2D eigenvalue weighted by Gasteiger charge is -2.34. The molecule has 0 bridgehead atoms. The van der Waals surface area contributed by atoms with Crippen LogP contribution in [0.2, 0.25) is 0 Å². The van der Waals surface area contributed by atoms with Crippen molar-refractivity contribution >= 4 is 22.6 Å². The van der Waals surface area contributed by atoms with E-state index in [9.17, 15) is 39.5 Å². The molecule has 114 valence electrons. The van der Waals surface area contributed by atoms with Crippen molar-refractivity contribution in [3.63, 3.8) is 0 Å². The highest BCUT2D eigenvalue weighted by Crippen LogP contribution is 2.54. The van der Waals surface area contributed by atoms with E-state index in [1.807, 2.05) is 0 Å². The Labute approximate surface area is 114 Å². The summed E-state index contributed by atoms with van der Waals surface area (Å²) in [5, 5.41) is 8.34. The molecule has 19 heavy (non-hydrogen) atoms. The van der Waals surface area contributed by atoms with Crippen molar-refractivity contribution in [1.82, 2.24) is 0 Å². The largest absolute Gasteiger partial charge is 0.457 e. The molecule has 0 fully saturated rings. The van der Waals surface area contributed by atoms with Crippen LogP contribution in [0.3, 0.4) is 0 Å². The fourth-order valence-electron chi connectivity index (χ4n) is 0.952. The molecule has 0 aliphatic carbocycles. The SMILES string of the molecule is OCCC(I)=CC(F)(C(F)(F)F)C(F)(F)C(F)(F)F. The van der Waals surface area contributed by atoms with E-state index in [1.54, 1.807) is 0 Å². The smallest absolute Gasteiger partial charge is 0.396 e. The van der Waals surface area contributed by atoms with Gasteiger partial charge in [0.05, 0.1) is 0 Å². The first-order valence-corrected chi connectivity index (χ1v) is 5.47. The Morgan fingerprint density at radius 3 is 1.58 bits per heavy atom. The first-order valence-electron chi connectivity index (χ1n) is 4.39. The molecule has 1 atom stereocenters. The second kappa shape index (κ2) is 5.66. The Hall–Kier alpha value is -0.200. The minimum atomic E-state index is -6.72. The molecule has 1 N–H and O–H groups in total. The standard InChI is InChI=1S/C8H6F9IO/c9-5(7(12,13)14,3-4(18)1-2-19)6(10,11)8(15,16)17/h3,19H,1-2H2. The monoisotopic (exact) mass is 416 g/mol. The molecule has 0 amide bonds. The quantitative estimate of drug-likeness (QED) is 0.540. The fourth-order valence-corrected chi connectivity index (χ4v) is 1.62. The zero-order chi connectivity index (χ0) is 15.7. The highest BCUT2D eigenvalue weighted by atomic mass is 127. The second-order valence-corrected chi connectivity index (χ2v) is 4.73. The number of hydrogen-bond donors (Lipinski definition) is 1. The van der Waals surface area contributed by atoms with E-state index < -0.39 is 46.6 Å². The molecule has 0 radical (unpaired) electrons. The molecule has 0 aromatic rings. The lowest BCUT2D eigenvalue weighted by Crippen LogP contribution is -2.61. The van der Waals surface area contributed by atoms with Crippen LogP contribution in [0.15, 0.2) is 9.66 Å². The molecule has 0 heterocycles. The van der Waals surface area contributed by atoms with Crippen LogP contribution >= 0.6 is 22.6 Å². The van der Waals surface area contributed by atoms with Gasteiger partial charge >= 0.3 is 18.3 Å². The Morgan fingerprint density at radius 1 is 0.895 bits per heavy atom. The molecule has 0 spiro atoms. The summed E-state index contributed by atoms with van der Waals surface area (Å²) in [6.07, 6.45) is -14.7. The molecule has 0 aliphatic rings. The average Bonchev–Trinajstić information content (AvgIpc) is 2.13. The van der Waals surface area contributed by atoms with E-state index in [4.69, 9.17) is 5.11 Å². The third-order valence-corrected chi connectivity index (χ3v) is 2.78. The minimum Gasteiger partial charge on any atom is -0.396 e. The number of aliphatic hydroxyl groups excluding tert-OH is 1. The Balaban J connectivity index is 5.91. The van der Waals surface area contributed by atoms with Gasteiger partial charge in [0.2, 0.25) is 0 Å². The van der Waals surface area contributed by atoms with Crippen molar-refractivity contribution in [3.8, 4) is 0 Å². The predicted molar refractivity (Wildman–Crippen MR) is 54.7 cm³/mol. The molecule has 0 aliphatic heterocycles. The number of alkyl halides is 9. The highest BCUT2D eigenvalue weighted by Gasteiger charge is 2.80. The molecule has 11 heteroatoms. The van der Waals surface area contributed by atoms with Gasteiger partial charge in [-0.05, 0) is 32.2 Å². The van der Waals surface area contributed by atoms with Crippen LogP contribution in [-0.4, -0.2) is 35.7 Å². The fraction of sp³-hybridized carbons (Fsp3) is 0.750. The molecule has 0 saturated carbocycles. The van der Waals surface area contributed by atoms with Crippen molar-refractivity contribution in [2.24, 2.45) is 0 Å². The van der Waals surface area contributed by atoms with Crippen LogP contribution < -0.4 is 0 Å². The van der Waals surface area contributed by atoms with E-state index >= 15 is 0 Å². The molecular weight excluding hydrogens is 410 g/mol. The molecule has 0 rings (SSSR count). The number of aliphatic hydroxyl groups is 1. The average molecular weight is 416 g/mol. The highest BCUT2D eigenvalue weighted by molar-refractivity contribution is 14.1. The number of rotatable bonds is 4. The van der Waals surface area contributed by atoms with Gasteiger partial charge < -0.3 is 5.11 Å². The van der Waals surface area contributed by atoms with Crippen LogP contribution in [0, 0.1) is 0 Å². The van der Waals surface area contributed by atoms with Crippen LogP contribution in [0.25, 0.3) is 0 Å². The van der Waals surface area contributed by atoms with Crippen molar-refractivity contribution in [3.05, 3.63) is 9.66 Å².